The summed E-state index contributed by atoms with van der Waals surface area (Å²) in [5, 5.41) is 29.5. The van der Waals surface area contributed by atoms with Gasteiger partial charge in [0.25, 0.3) is 0 Å². The topological polar surface area (TPSA) is 80.0 Å². The molecule has 0 spiro atoms. The SMILES string of the molecule is C[C@@H]1CN(C[C@@H](O)c2ccc(C#N)cc2)C[C@@H](c2ccc(F)cc2)N1c1ccc(OCCO)cc1Cl. The van der Waals surface area contributed by atoms with Gasteiger partial charge in [-0.3, -0.25) is 4.90 Å². The van der Waals surface area contributed by atoms with Crippen molar-refractivity contribution in [3.63, 3.8) is 0 Å². The van der Waals surface area contributed by atoms with Gasteiger partial charge in [0, 0.05) is 31.7 Å². The molecule has 8 heteroatoms. The molecule has 1 heterocycles. The van der Waals surface area contributed by atoms with Crippen LogP contribution < -0.4 is 9.64 Å². The highest BCUT2D eigenvalue weighted by Gasteiger charge is 2.35. The molecule has 1 saturated heterocycles. The van der Waals surface area contributed by atoms with Crippen LogP contribution in [0.15, 0.2) is 66.7 Å². The van der Waals surface area contributed by atoms with Gasteiger partial charge < -0.3 is 19.8 Å². The molecule has 2 N–H and O–H groups in total. The molecule has 4 rings (SSSR count). The molecule has 188 valence electrons. The number of hydrogen-bond donors (Lipinski definition) is 2. The number of piperazine rings is 1. The first-order valence-electron chi connectivity index (χ1n) is 11.9. The second-order valence-corrected chi connectivity index (χ2v) is 9.38. The van der Waals surface area contributed by atoms with E-state index in [0.29, 0.717) is 36.0 Å². The minimum absolute atomic E-state index is 0.0312. The highest BCUT2D eigenvalue weighted by molar-refractivity contribution is 6.33. The Morgan fingerprint density at radius 3 is 2.47 bits per heavy atom. The van der Waals surface area contributed by atoms with Gasteiger partial charge in [-0.2, -0.15) is 5.26 Å². The first kappa shape index (κ1) is 25.9. The number of nitrogens with zero attached hydrogens (tertiary/aromatic N) is 3. The maximum absolute atomic E-state index is 13.7. The summed E-state index contributed by atoms with van der Waals surface area (Å²) in [6, 6.07) is 20.9. The maximum atomic E-state index is 13.7. The first-order chi connectivity index (χ1) is 17.4. The second-order valence-electron chi connectivity index (χ2n) is 8.98. The van der Waals surface area contributed by atoms with Gasteiger partial charge in [-0.15, -0.1) is 0 Å². The molecule has 0 saturated carbocycles. The van der Waals surface area contributed by atoms with E-state index in [1.807, 2.05) is 12.1 Å². The standard InChI is InChI=1S/C28H29ClFN3O3/c1-19-16-32(18-28(35)22-4-2-20(15-31)3-5-22)17-27(21-6-8-23(30)9-7-21)33(19)26-11-10-24(14-25(26)29)36-13-12-34/h2-11,14,19,27-28,34-35H,12-13,16-18H2,1H3/t19-,27+,28-/m1/s1. The van der Waals surface area contributed by atoms with Crippen LogP contribution in [0.1, 0.15) is 35.8 Å². The zero-order chi connectivity index (χ0) is 25.7. The van der Waals surface area contributed by atoms with Gasteiger partial charge >= 0.3 is 0 Å². The molecule has 0 radical (unpaired) electrons. The average molecular weight is 510 g/mol. The molecule has 6 nitrogen and oxygen atoms in total. The molecular formula is C28H29ClFN3O3. The predicted molar refractivity (Wildman–Crippen MR) is 138 cm³/mol. The van der Waals surface area contributed by atoms with Gasteiger partial charge in [0.2, 0.25) is 0 Å². The molecular weight excluding hydrogens is 481 g/mol. The summed E-state index contributed by atoms with van der Waals surface area (Å²) < 4.78 is 19.2. The number of halogens is 2. The maximum Gasteiger partial charge on any atom is 0.123 e. The Kier molecular flexibility index (Phi) is 8.44. The van der Waals surface area contributed by atoms with E-state index in [1.54, 1.807) is 42.5 Å². The molecule has 0 bridgehead atoms. The zero-order valence-electron chi connectivity index (χ0n) is 20.0. The molecule has 3 aromatic rings. The fourth-order valence-corrected chi connectivity index (χ4v) is 5.03. The van der Waals surface area contributed by atoms with E-state index >= 15 is 0 Å². The summed E-state index contributed by atoms with van der Waals surface area (Å²) in [5.41, 5.74) is 3.08. The summed E-state index contributed by atoms with van der Waals surface area (Å²) >= 11 is 6.69. The molecule has 1 fully saturated rings. The van der Waals surface area contributed by atoms with E-state index in [9.17, 15) is 9.50 Å². The Hall–Kier alpha value is -3.15. The Labute approximate surface area is 215 Å². The second kappa shape index (κ2) is 11.7. The van der Waals surface area contributed by atoms with E-state index in [2.05, 4.69) is 22.8 Å². The third kappa shape index (κ3) is 5.97. The van der Waals surface area contributed by atoms with Crippen molar-refractivity contribution in [2.24, 2.45) is 0 Å². The molecule has 3 aromatic carbocycles. The van der Waals surface area contributed by atoms with Crippen LogP contribution in [-0.2, 0) is 0 Å². The van der Waals surface area contributed by atoms with Crippen molar-refractivity contribution in [2.45, 2.75) is 25.1 Å². The highest BCUT2D eigenvalue weighted by atomic mass is 35.5. The fraction of sp³-hybridized carbons (Fsp3) is 0.321. The molecule has 1 aliphatic heterocycles. The van der Waals surface area contributed by atoms with Gasteiger partial charge in [0.1, 0.15) is 18.2 Å². The number of aliphatic hydroxyl groups is 2. The number of rotatable bonds is 8. The normalized spacial score (nSPS) is 19.1. The van der Waals surface area contributed by atoms with Crippen LogP contribution in [0.3, 0.4) is 0 Å². The lowest BCUT2D eigenvalue weighted by molar-refractivity contribution is 0.0915. The lowest BCUT2D eigenvalue weighted by Gasteiger charge is -2.48. The lowest BCUT2D eigenvalue weighted by Crippen LogP contribution is -2.54. The van der Waals surface area contributed by atoms with Gasteiger partial charge in [0.05, 0.1) is 41.1 Å². The van der Waals surface area contributed by atoms with Crippen molar-refractivity contribution in [3.8, 4) is 11.8 Å². The van der Waals surface area contributed by atoms with E-state index in [-0.39, 0.29) is 31.1 Å². The molecule has 0 aromatic heterocycles. The van der Waals surface area contributed by atoms with Crippen LogP contribution >= 0.6 is 11.6 Å². The molecule has 0 amide bonds. The summed E-state index contributed by atoms with van der Waals surface area (Å²) in [6.45, 7) is 3.91. The summed E-state index contributed by atoms with van der Waals surface area (Å²) in [7, 11) is 0. The third-order valence-corrected chi connectivity index (χ3v) is 6.73. The smallest absolute Gasteiger partial charge is 0.123 e. The Morgan fingerprint density at radius 1 is 1.11 bits per heavy atom. The fourth-order valence-electron chi connectivity index (χ4n) is 4.76. The summed E-state index contributed by atoms with van der Waals surface area (Å²) in [6.07, 6.45) is -0.711. The van der Waals surface area contributed by atoms with Crippen LogP contribution in [0.4, 0.5) is 10.1 Å². The van der Waals surface area contributed by atoms with E-state index in [4.69, 9.17) is 26.7 Å². The van der Waals surface area contributed by atoms with Crippen molar-refractivity contribution < 1.29 is 19.3 Å². The predicted octanol–water partition coefficient (Wildman–Crippen LogP) is 4.71. The molecule has 3 atom stereocenters. The largest absolute Gasteiger partial charge is 0.491 e. The van der Waals surface area contributed by atoms with Gasteiger partial charge in [-0.05, 0) is 54.4 Å². The van der Waals surface area contributed by atoms with Crippen LogP contribution in [-0.4, -0.2) is 54.0 Å². The third-order valence-electron chi connectivity index (χ3n) is 6.43. The lowest BCUT2D eigenvalue weighted by atomic mass is 9.97. The summed E-state index contributed by atoms with van der Waals surface area (Å²) in [4.78, 5) is 4.43. The number of nitriles is 1. The Morgan fingerprint density at radius 2 is 1.83 bits per heavy atom. The number of ether oxygens (including phenoxy) is 1. The molecule has 36 heavy (non-hydrogen) atoms. The van der Waals surface area contributed by atoms with Gasteiger partial charge in [0.15, 0.2) is 0 Å². The Bertz CT molecular complexity index is 1200. The number of hydrogen-bond acceptors (Lipinski definition) is 6. The van der Waals surface area contributed by atoms with E-state index < -0.39 is 6.10 Å². The molecule has 0 aliphatic carbocycles. The monoisotopic (exact) mass is 509 g/mol. The number of anilines is 1. The number of aliphatic hydroxyl groups excluding tert-OH is 2. The van der Waals surface area contributed by atoms with E-state index in [1.165, 1.54) is 12.1 Å². The van der Waals surface area contributed by atoms with Crippen molar-refractivity contribution in [3.05, 3.63) is 94.3 Å². The van der Waals surface area contributed by atoms with Crippen molar-refractivity contribution in [1.29, 1.82) is 5.26 Å². The van der Waals surface area contributed by atoms with Crippen LogP contribution in [0, 0.1) is 17.1 Å². The van der Waals surface area contributed by atoms with Crippen molar-refractivity contribution in [1.82, 2.24) is 4.90 Å². The first-order valence-corrected chi connectivity index (χ1v) is 12.2. The number of β-amino-alcohol motifs (C(OH)–C–C–N with tert-alkyl or cyclic N) is 1. The minimum Gasteiger partial charge on any atom is -0.491 e. The minimum atomic E-state index is -0.711. The average Bonchev–Trinajstić information content (AvgIpc) is 2.88. The van der Waals surface area contributed by atoms with E-state index in [0.717, 1.165) is 16.8 Å². The number of benzene rings is 3. The highest BCUT2D eigenvalue weighted by Crippen LogP contribution is 2.39. The zero-order valence-corrected chi connectivity index (χ0v) is 20.8. The summed E-state index contributed by atoms with van der Waals surface area (Å²) in [5.74, 6) is 0.277. The van der Waals surface area contributed by atoms with Crippen LogP contribution in [0.2, 0.25) is 5.02 Å². The molecule has 0 unspecified atom stereocenters. The van der Waals surface area contributed by atoms with Gasteiger partial charge in [-0.1, -0.05) is 35.9 Å². The molecule has 1 aliphatic rings. The van der Waals surface area contributed by atoms with Crippen molar-refractivity contribution >= 4 is 17.3 Å². The van der Waals surface area contributed by atoms with Crippen molar-refractivity contribution in [2.75, 3.05) is 37.7 Å². The van der Waals surface area contributed by atoms with Crippen LogP contribution in [0.25, 0.3) is 0 Å². The van der Waals surface area contributed by atoms with Crippen LogP contribution in [0.5, 0.6) is 5.75 Å². The quantitative estimate of drug-likeness (QED) is 0.458. The van der Waals surface area contributed by atoms with Gasteiger partial charge in [-0.25, -0.2) is 4.39 Å². The Balaban J connectivity index is 1.60.